The predicted molar refractivity (Wildman–Crippen MR) is 68.1 cm³/mol. The number of rotatable bonds is 3. The van der Waals surface area contributed by atoms with Crippen LogP contribution in [0, 0.1) is 0 Å². The average molecular weight is 278 g/mol. The molecule has 1 aromatic rings. The number of carbonyl (C=O) groups is 3. The second-order valence-corrected chi connectivity index (χ2v) is 4.32. The van der Waals surface area contributed by atoms with E-state index in [1.54, 1.807) is 0 Å². The first-order chi connectivity index (χ1) is 9.49. The molecule has 1 aliphatic heterocycles. The molecule has 1 aromatic carbocycles. The van der Waals surface area contributed by atoms with Crippen LogP contribution in [-0.2, 0) is 9.53 Å². The Kier molecular flexibility index (Phi) is 3.88. The maximum atomic E-state index is 11.9. The summed E-state index contributed by atoms with van der Waals surface area (Å²) in [6, 6.07) is 4.98. The van der Waals surface area contributed by atoms with Crippen molar-refractivity contribution in [2.45, 2.75) is 13.0 Å². The first-order valence-electron chi connectivity index (χ1n) is 6.08. The number of nitrogens with one attached hydrogen (secondary N) is 1. The van der Waals surface area contributed by atoms with Crippen LogP contribution in [0.2, 0.25) is 0 Å². The molecule has 0 spiro atoms. The highest BCUT2D eigenvalue weighted by atomic mass is 16.5. The van der Waals surface area contributed by atoms with Gasteiger partial charge in [0.05, 0.1) is 5.56 Å². The molecule has 0 aromatic heterocycles. The second-order valence-electron chi connectivity index (χ2n) is 4.32. The number of aromatic hydroxyl groups is 1. The second kappa shape index (κ2) is 5.60. The molecule has 1 heterocycles. The molecule has 7 heteroatoms. The van der Waals surface area contributed by atoms with E-state index in [4.69, 9.17) is 9.84 Å². The van der Waals surface area contributed by atoms with Gasteiger partial charge in [0, 0.05) is 13.1 Å². The Bertz CT molecular complexity index is 540. The molecule has 0 radical (unpaired) electrons. The van der Waals surface area contributed by atoms with Gasteiger partial charge in [0.2, 0.25) is 0 Å². The van der Waals surface area contributed by atoms with Crippen LogP contribution < -0.4 is 5.32 Å². The van der Waals surface area contributed by atoms with Gasteiger partial charge in [-0.15, -0.1) is 0 Å². The van der Waals surface area contributed by atoms with Crippen LogP contribution in [0.15, 0.2) is 24.3 Å². The molecule has 3 amide bonds. The van der Waals surface area contributed by atoms with Crippen LogP contribution in [-0.4, -0.2) is 47.1 Å². The molecule has 0 saturated carbocycles. The zero-order valence-corrected chi connectivity index (χ0v) is 10.8. The number of nitrogens with zero attached hydrogens (tertiary/aromatic N) is 1. The van der Waals surface area contributed by atoms with Crippen LogP contribution in [0.5, 0.6) is 5.75 Å². The number of ether oxygens (including phenoxy) is 1. The third-order valence-corrected chi connectivity index (χ3v) is 2.86. The molecule has 1 saturated heterocycles. The summed E-state index contributed by atoms with van der Waals surface area (Å²) in [7, 11) is 0. The Balaban J connectivity index is 1.98. The Hall–Kier alpha value is -2.57. The molecule has 0 bridgehead atoms. The fraction of sp³-hybridized carbons (Fsp3) is 0.308. The smallest absolute Gasteiger partial charge is 0.338 e. The van der Waals surface area contributed by atoms with Crippen molar-refractivity contribution >= 4 is 17.9 Å². The molecule has 7 nitrogen and oxygen atoms in total. The van der Waals surface area contributed by atoms with Crippen molar-refractivity contribution in [2.24, 2.45) is 0 Å². The van der Waals surface area contributed by atoms with Gasteiger partial charge in [0.15, 0.2) is 6.10 Å². The first-order valence-corrected chi connectivity index (χ1v) is 6.08. The highest BCUT2D eigenvalue weighted by Crippen LogP contribution is 2.12. The zero-order valence-electron chi connectivity index (χ0n) is 10.8. The lowest BCUT2D eigenvalue weighted by molar-refractivity contribution is -0.136. The molecule has 2 N–H and O–H groups in total. The van der Waals surface area contributed by atoms with E-state index in [1.165, 1.54) is 31.2 Å². The summed E-state index contributed by atoms with van der Waals surface area (Å²) in [6.07, 6.45) is -1.06. The average Bonchev–Trinajstić information content (AvgIpc) is 2.84. The van der Waals surface area contributed by atoms with E-state index in [0.717, 1.165) is 4.90 Å². The van der Waals surface area contributed by atoms with E-state index in [2.05, 4.69) is 5.32 Å². The number of carbonyl (C=O) groups excluding carboxylic acids is 3. The van der Waals surface area contributed by atoms with Crippen LogP contribution in [0.3, 0.4) is 0 Å². The van der Waals surface area contributed by atoms with Crippen molar-refractivity contribution in [3.05, 3.63) is 29.8 Å². The van der Waals surface area contributed by atoms with E-state index in [-0.39, 0.29) is 17.9 Å². The topological polar surface area (TPSA) is 95.9 Å². The Morgan fingerprint density at radius 1 is 1.35 bits per heavy atom. The summed E-state index contributed by atoms with van der Waals surface area (Å²) < 4.78 is 5.01. The summed E-state index contributed by atoms with van der Waals surface area (Å²) >= 11 is 0. The maximum absolute atomic E-state index is 11.9. The minimum atomic E-state index is -1.06. The lowest BCUT2D eigenvalue weighted by Crippen LogP contribution is -2.41. The highest BCUT2D eigenvalue weighted by molar-refractivity contribution is 5.99. The van der Waals surface area contributed by atoms with Crippen molar-refractivity contribution in [3.8, 4) is 5.75 Å². The number of esters is 1. The number of imide groups is 1. The molecule has 1 unspecified atom stereocenters. The molecule has 1 fully saturated rings. The summed E-state index contributed by atoms with van der Waals surface area (Å²) in [6.45, 7) is 2.06. The third kappa shape index (κ3) is 2.87. The van der Waals surface area contributed by atoms with Gasteiger partial charge in [0.25, 0.3) is 5.91 Å². The molecule has 2 rings (SSSR count). The quantitative estimate of drug-likeness (QED) is 0.784. The Morgan fingerprint density at radius 3 is 2.55 bits per heavy atom. The first kappa shape index (κ1) is 13.9. The van der Waals surface area contributed by atoms with Gasteiger partial charge in [-0.3, -0.25) is 9.69 Å². The molecule has 1 aliphatic rings. The number of phenols is 1. The summed E-state index contributed by atoms with van der Waals surface area (Å²) in [4.78, 5) is 36.1. The van der Waals surface area contributed by atoms with Gasteiger partial charge in [0.1, 0.15) is 5.75 Å². The molecule has 1 atom stereocenters. The van der Waals surface area contributed by atoms with E-state index in [9.17, 15) is 14.4 Å². The van der Waals surface area contributed by atoms with Crippen molar-refractivity contribution in [3.63, 3.8) is 0 Å². The zero-order chi connectivity index (χ0) is 14.7. The number of urea groups is 1. The number of benzene rings is 1. The van der Waals surface area contributed by atoms with Gasteiger partial charge < -0.3 is 15.2 Å². The van der Waals surface area contributed by atoms with Crippen molar-refractivity contribution < 1.29 is 24.2 Å². The van der Waals surface area contributed by atoms with Crippen LogP contribution >= 0.6 is 0 Å². The molecular formula is C13H14N2O5. The summed E-state index contributed by atoms with van der Waals surface area (Å²) in [5, 5.41) is 11.6. The van der Waals surface area contributed by atoms with Gasteiger partial charge in [-0.25, -0.2) is 9.59 Å². The number of hydrogen-bond acceptors (Lipinski definition) is 5. The number of hydrogen-bond donors (Lipinski definition) is 2. The molecule has 0 aliphatic carbocycles. The number of amides is 3. The van der Waals surface area contributed by atoms with E-state index in [0.29, 0.717) is 6.54 Å². The summed E-state index contributed by atoms with van der Waals surface area (Å²) in [5.74, 6) is -1.23. The Morgan fingerprint density at radius 2 is 2.00 bits per heavy atom. The fourth-order valence-corrected chi connectivity index (χ4v) is 1.78. The molecular weight excluding hydrogens is 264 g/mol. The standard InChI is InChI=1S/C13H14N2O5/c1-8(11(17)15-7-6-14-13(15)19)20-12(18)9-2-4-10(16)5-3-9/h2-5,8,16H,6-7H2,1H3,(H,14,19). The van der Waals surface area contributed by atoms with E-state index >= 15 is 0 Å². The molecule has 20 heavy (non-hydrogen) atoms. The largest absolute Gasteiger partial charge is 0.508 e. The van der Waals surface area contributed by atoms with Crippen molar-refractivity contribution in [1.29, 1.82) is 0 Å². The lowest BCUT2D eigenvalue weighted by atomic mass is 10.2. The van der Waals surface area contributed by atoms with Crippen LogP contribution in [0.1, 0.15) is 17.3 Å². The van der Waals surface area contributed by atoms with Crippen LogP contribution in [0.25, 0.3) is 0 Å². The van der Waals surface area contributed by atoms with Gasteiger partial charge in [-0.05, 0) is 31.2 Å². The predicted octanol–water partition coefficient (Wildman–Crippen LogP) is 0.489. The van der Waals surface area contributed by atoms with E-state index < -0.39 is 24.0 Å². The SMILES string of the molecule is CC(OC(=O)c1ccc(O)cc1)C(=O)N1CCNC1=O. The van der Waals surface area contributed by atoms with E-state index in [1.807, 2.05) is 0 Å². The number of phenolic OH excluding ortho intramolecular Hbond substituents is 1. The Labute approximate surface area is 115 Å². The maximum Gasteiger partial charge on any atom is 0.338 e. The minimum absolute atomic E-state index is 0.0272. The normalized spacial score (nSPS) is 15.7. The van der Waals surface area contributed by atoms with Gasteiger partial charge in [-0.2, -0.15) is 0 Å². The molecule has 106 valence electrons. The third-order valence-electron chi connectivity index (χ3n) is 2.86. The van der Waals surface area contributed by atoms with Crippen molar-refractivity contribution in [2.75, 3.05) is 13.1 Å². The van der Waals surface area contributed by atoms with Gasteiger partial charge >= 0.3 is 12.0 Å². The summed E-state index contributed by atoms with van der Waals surface area (Å²) in [5.41, 5.74) is 0.216. The van der Waals surface area contributed by atoms with Gasteiger partial charge in [-0.1, -0.05) is 0 Å². The monoisotopic (exact) mass is 278 g/mol. The highest BCUT2D eigenvalue weighted by Gasteiger charge is 2.31. The lowest BCUT2D eigenvalue weighted by Gasteiger charge is -2.18. The van der Waals surface area contributed by atoms with Crippen LogP contribution in [0.4, 0.5) is 4.79 Å². The van der Waals surface area contributed by atoms with Crippen molar-refractivity contribution in [1.82, 2.24) is 10.2 Å². The minimum Gasteiger partial charge on any atom is -0.508 e. The fourth-order valence-electron chi connectivity index (χ4n) is 1.78.